The fourth-order valence-electron chi connectivity index (χ4n) is 1.54. The normalized spacial score (nSPS) is 10.3. The number of benzene rings is 2. The monoisotopic (exact) mass is 213 g/mol. The highest BCUT2D eigenvalue weighted by atomic mass is 31.1. The Bertz CT molecular complexity index is 417. The number of aryl methyl sites for hydroxylation is 2. The van der Waals surface area contributed by atoms with Gasteiger partial charge in [-0.05, 0) is 33.0 Å². The zero-order valence-corrected chi connectivity index (χ0v) is 9.96. The molecular formula is C14H14P. The topological polar surface area (TPSA) is 0 Å². The molecule has 0 aliphatic carbocycles. The van der Waals surface area contributed by atoms with Crippen LogP contribution in [0.1, 0.15) is 11.1 Å². The Hall–Kier alpha value is -1.13. The molecule has 75 valence electrons. The van der Waals surface area contributed by atoms with E-state index in [1.807, 2.05) is 0 Å². The highest BCUT2D eigenvalue weighted by Gasteiger charge is 1.97. The van der Waals surface area contributed by atoms with Crippen LogP contribution in [-0.2, 0) is 0 Å². The third kappa shape index (κ3) is 2.91. The second kappa shape index (κ2) is 4.59. The van der Waals surface area contributed by atoms with Crippen LogP contribution in [0.25, 0.3) is 0 Å². The molecule has 0 bridgehead atoms. The first kappa shape index (κ1) is 10.4. The molecule has 0 atom stereocenters. The van der Waals surface area contributed by atoms with Crippen molar-refractivity contribution in [3.63, 3.8) is 0 Å². The summed E-state index contributed by atoms with van der Waals surface area (Å²) in [6.07, 6.45) is 0. The summed E-state index contributed by atoms with van der Waals surface area (Å²) in [5, 5.41) is 2.72. The Labute approximate surface area is 93.1 Å². The summed E-state index contributed by atoms with van der Waals surface area (Å²) in [6, 6.07) is 17.3. The van der Waals surface area contributed by atoms with Gasteiger partial charge in [0.05, 0.1) is 0 Å². The second-order valence-corrected chi connectivity index (χ2v) is 5.05. The van der Waals surface area contributed by atoms with Gasteiger partial charge in [0.25, 0.3) is 0 Å². The third-order valence-electron chi connectivity index (χ3n) is 2.26. The minimum Gasteiger partial charge on any atom is -0.0613 e. The van der Waals surface area contributed by atoms with Gasteiger partial charge in [-0.3, -0.25) is 0 Å². The van der Waals surface area contributed by atoms with E-state index in [4.69, 9.17) is 0 Å². The van der Waals surface area contributed by atoms with Gasteiger partial charge in [0.15, 0.2) is 0 Å². The van der Waals surface area contributed by atoms with E-state index >= 15 is 0 Å². The van der Waals surface area contributed by atoms with Crippen LogP contribution in [0.3, 0.4) is 0 Å². The number of rotatable bonds is 2. The smallest absolute Gasteiger partial charge is 0.0100 e. The molecule has 0 spiro atoms. The van der Waals surface area contributed by atoms with E-state index in [0.717, 1.165) is 0 Å². The van der Waals surface area contributed by atoms with Crippen LogP contribution in [-0.4, -0.2) is 0 Å². The van der Waals surface area contributed by atoms with Crippen LogP contribution in [0.15, 0.2) is 48.5 Å². The quantitative estimate of drug-likeness (QED) is 0.672. The standard InChI is InChI=1S/C14H14P/c1-11-5-3-7-13(9-11)15-14-8-4-6-12(2)10-14/h3-10H,1-2H3. The number of hydrogen-bond acceptors (Lipinski definition) is 0. The lowest BCUT2D eigenvalue weighted by Gasteiger charge is -2.03. The zero-order chi connectivity index (χ0) is 10.7. The Morgan fingerprint density at radius 2 is 1.20 bits per heavy atom. The van der Waals surface area contributed by atoms with Gasteiger partial charge in [0.1, 0.15) is 0 Å². The van der Waals surface area contributed by atoms with Crippen molar-refractivity contribution < 1.29 is 0 Å². The van der Waals surface area contributed by atoms with Gasteiger partial charge in [-0.25, -0.2) is 0 Å². The predicted octanol–water partition coefficient (Wildman–Crippen LogP) is 3.20. The molecule has 0 aliphatic rings. The Balaban J connectivity index is 2.22. The third-order valence-corrected chi connectivity index (χ3v) is 3.33. The Morgan fingerprint density at radius 1 is 0.733 bits per heavy atom. The molecule has 2 aromatic carbocycles. The van der Waals surface area contributed by atoms with E-state index in [1.54, 1.807) is 0 Å². The molecule has 0 unspecified atom stereocenters. The minimum atomic E-state index is 1.29. The van der Waals surface area contributed by atoms with Crippen molar-refractivity contribution in [3.8, 4) is 0 Å². The summed E-state index contributed by atoms with van der Waals surface area (Å²) >= 11 is 0. The largest absolute Gasteiger partial charge is 0.0613 e. The van der Waals surface area contributed by atoms with Crippen molar-refractivity contribution in [3.05, 3.63) is 59.7 Å². The Morgan fingerprint density at radius 3 is 1.60 bits per heavy atom. The van der Waals surface area contributed by atoms with Crippen molar-refractivity contribution in [2.45, 2.75) is 13.8 Å². The van der Waals surface area contributed by atoms with Gasteiger partial charge in [0.2, 0.25) is 0 Å². The molecule has 0 aliphatic heterocycles. The van der Waals surface area contributed by atoms with Crippen LogP contribution < -0.4 is 10.6 Å². The van der Waals surface area contributed by atoms with E-state index in [1.165, 1.54) is 30.3 Å². The van der Waals surface area contributed by atoms with Crippen LogP contribution in [0.4, 0.5) is 0 Å². The SMILES string of the molecule is Cc1cccc([P]c2cccc(C)c2)c1. The van der Waals surface area contributed by atoms with Crippen LogP contribution >= 0.6 is 8.58 Å². The van der Waals surface area contributed by atoms with E-state index < -0.39 is 0 Å². The second-order valence-electron chi connectivity index (χ2n) is 3.79. The van der Waals surface area contributed by atoms with Gasteiger partial charge in [-0.2, -0.15) is 0 Å². The van der Waals surface area contributed by atoms with Gasteiger partial charge in [0, 0.05) is 0 Å². The van der Waals surface area contributed by atoms with E-state index in [2.05, 4.69) is 62.4 Å². The summed E-state index contributed by atoms with van der Waals surface area (Å²) in [5.74, 6) is 0. The van der Waals surface area contributed by atoms with E-state index in [9.17, 15) is 0 Å². The maximum absolute atomic E-state index is 2.24. The lowest BCUT2D eigenvalue weighted by atomic mass is 10.2. The van der Waals surface area contributed by atoms with Gasteiger partial charge >= 0.3 is 0 Å². The van der Waals surface area contributed by atoms with Crippen LogP contribution in [0.5, 0.6) is 0 Å². The van der Waals surface area contributed by atoms with Crippen LogP contribution in [0, 0.1) is 13.8 Å². The first-order valence-corrected chi connectivity index (χ1v) is 5.98. The molecule has 0 heterocycles. The lowest BCUT2D eigenvalue weighted by molar-refractivity contribution is 1.49. The molecule has 15 heavy (non-hydrogen) atoms. The predicted molar refractivity (Wildman–Crippen MR) is 68.5 cm³/mol. The molecular weight excluding hydrogens is 199 g/mol. The fraction of sp³-hybridized carbons (Fsp3) is 0.143. The molecule has 0 fully saturated rings. The van der Waals surface area contributed by atoms with E-state index in [-0.39, 0.29) is 0 Å². The number of hydrogen-bond donors (Lipinski definition) is 0. The molecule has 0 aromatic heterocycles. The van der Waals surface area contributed by atoms with Crippen LogP contribution in [0.2, 0.25) is 0 Å². The van der Waals surface area contributed by atoms with Crippen molar-refractivity contribution in [2.75, 3.05) is 0 Å². The summed E-state index contributed by atoms with van der Waals surface area (Å²) < 4.78 is 0. The maximum atomic E-state index is 2.24. The summed E-state index contributed by atoms with van der Waals surface area (Å²) in [6.45, 7) is 4.27. The molecule has 0 amide bonds. The molecule has 0 N–H and O–H groups in total. The molecule has 2 rings (SSSR count). The van der Waals surface area contributed by atoms with Crippen molar-refractivity contribution in [1.29, 1.82) is 0 Å². The highest BCUT2D eigenvalue weighted by Crippen LogP contribution is 2.12. The summed E-state index contributed by atoms with van der Waals surface area (Å²) in [7, 11) is 1.29. The van der Waals surface area contributed by atoms with Crippen molar-refractivity contribution in [1.82, 2.24) is 0 Å². The van der Waals surface area contributed by atoms with Gasteiger partial charge in [-0.1, -0.05) is 59.7 Å². The van der Waals surface area contributed by atoms with Crippen molar-refractivity contribution in [2.24, 2.45) is 0 Å². The Kier molecular flexibility index (Phi) is 3.18. The molecule has 2 aromatic rings. The molecule has 1 heteroatoms. The van der Waals surface area contributed by atoms with Gasteiger partial charge in [-0.15, -0.1) is 0 Å². The highest BCUT2D eigenvalue weighted by molar-refractivity contribution is 7.55. The molecule has 0 nitrogen and oxygen atoms in total. The molecule has 0 saturated carbocycles. The zero-order valence-electron chi connectivity index (χ0n) is 9.07. The first-order chi connectivity index (χ1) is 7.24. The summed E-state index contributed by atoms with van der Waals surface area (Å²) in [4.78, 5) is 0. The van der Waals surface area contributed by atoms with Crippen molar-refractivity contribution >= 4 is 19.2 Å². The van der Waals surface area contributed by atoms with Gasteiger partial charge < -0.3 is 0 Å². The fourth-order valence-corrected chi connectivity index (χ4v) is 2.70. The average Bonchev–Trinajstić information content (AvgIpc) is 2.17. The lowest BCUT2D eigenvalue weighted by Crippen LogP contribution is -2.03. The van der Waals surface area contributed by atoms with E-state index in [0.29, 0.717) is 0 Å². The average molecular weight is 213 g/mol. The summed E-state index contributed by atoms with van der Waals surface area (Å²) in [5.41, 5.74) is 2.65. The maximum Gasteiger partial charge on any atom is -0.0100 e. The molecule has 1 radical (unpaired) electrons. The first-order valence-electron chi connectivity index (χ1n) is 5.09. The molecule has 0 saturated heterocycles. The minimum absolute atomic E-state index is 1.29.